The van der Waals surface area contributed by atoms with Crippen LogP contribution in [0.1, 0.15) is 54.9 Å². The fraction of sp³-hybridized carbons (Fsp3) is 0.357. The summed E-state index contributed by atoms with van der Waals surface area (Å²) < 4.78 is 0. The lowest BCUT2D eigenvalue weighted by molar-refractivity contribution is 0.634. The van der Waals surface area contributed by atoms with Crippen LogP contribution in [0.2, 0.25) is 0 Å². The maximum atomic E-state index is 5.14. The van der Waals surface area contributed by atoms with Gasteiger partial charge >= 0.3 is 0 Å². The predicted octanol–water partition coefficient (Wildman–Crippen LogP) is 8.09. The third-order valence-electron chi connectivity index (χ3n) is 5.85. The molecule has 0 heterocycles. The Kier molecular flexibility index (Phi) is 7.57. The molecule has 0 amide bonds. The molecule has 0 bridgehead atoms. The van der Waals surface area contributed by atoms with Gasteiger partial charge in [-0.2, -0.15) is 0 Å². The van der Waals surface area contributed by atoms with Crippen molar-refractivity contribution in [2.75, 3.05) is 0 Å². The van der Waals surface area contributed by atoms with E-state index in [0.29, 0.717) is 5.92 Å². The molecule has 0 aliphatic heterocycles. The highest BCUT2D eigenvalue weighted by Crippen LogP contribution is 2.27. The first kappa shape index (κ1) is 22.0. The largest absolute Gasteiger partial charge is 0.251 e. The SMILES string of the molecule is CC(=N\c1c(C)cccc1C)/C(CCCCC1C=CC=C1)=N/c1c(C)cccc1C. The second kappa shape index (κ2) is 10.3. The normalized spacial score (nSPS) is 14.7. The topological polar surface area (TPSA) is 24.7 Å². The van der Waals surface area contributed by atoms with E-state index in [1.165, 1.54) is 35.1 Å². The smallest absolute Gasteiger partial charge is 0.0692 e. The summed E-state index contributed by atoms with van der Waals surface area (Å²) in [5.74, 6) is 0.605. The highest BCUT2D eigenvalue weighted by molar-refractivity contribution is 6.42. The fourth-order valence-electron chi connectivity index (χ4n) is 3.99. The van der Waals surface area contributed by atoms with E-state index < -0.39 is 0 Å². The Morgan fingerprint density at radius 3 is 1.77 bits per heavy atom. The summed E-state index contributed by atoms with van der Waals surface area (Å²) in [4.78, 5) is 10.2. The fourth-order valence-corrected chi connectivity index (χ4v) is 3.99. The molecule has 0 radical (unpaired) electrons. The van der Waals surface area contributed by atoms with Crippen LogP contribution in [-0.4, -0.2) is 11.4 Å². The zero-order valence-corrected chi connectivity index (χ0v) is 19.1. The van der Waals surface area contributed by atoms with E-state index in [-0.39, 0.29) is 0 Å². The summed E-state index contributed by atoms with van der Waals surface area (Å²) >= 11 is 0. The standard InChI is InChI=1S/C28H34N2/c1-20-12-10-13-21(2)27(20)29-24(5)26(19-9-8-18-25-16-6-7-17-25)30-28-22(3)14-11-15-23(28)4/h6-7,10-17,25H,8-9,18-19H2,1-5H3/b29-24+,30-26+. The second-order valence-corrected chi connectivity index (χ2v) is 8.42. The minimum absolute atomic E-state index is 0.605. The van der Waals surface area contributed by atoms with E-state index in [9.17, 15) is 0 Å². The van der Waals surface area contributed by atoms with E-state index >= 15 is 0 Å². The zero-order chi connectivity index (χ0) is 21.5. The van der Waals surface area contributed by atoms with Crippen molar-refractivity contribution in [3.05, 3.63) is 83.0 Å². The van der Waals surface area contributed by atoms with Gasteiger partial charge in [0.25, 0.3) is 0 Å². The van der Waals surface area contributed by atoms with Crippen LogP contribution >= 0.6 is 0 Å². The van der Waals surface area contributed by atoms with Crippen LogP contribution in [0.15, 0.2) is 70.7 Å². The van der Waals surface area contributed by atoms with Crippen LogP contribution in [0.5, 0.6) is 0 Å². The van der Waals surface area contributed by atoms with E-state index in [4.69, 9.17) is 9.98 Å². The van der Waals surface area contributed by atoms with Crippen molar-refractivity contribution in [1.29, 1.82) is 0 Å². The number of aryl methyl sites for hydroxylation is 4. The first-order valence-electron chi connectivity index (χ1n) is 11.1. The lowest BCUT2D eigenvalue weighted by Gasteiger charge is -2.12. The van der Waals surface area contributed by atoms with Gasteiger partial charge in [0.1, 0.15) is 0 Å². The van der Waals surface area contributed by atoms with Crippen molar-refractivity contribution in [2.45, 2.75) is 60.3 Å². The zero-order valence-electron chi connectivity index (χ0n) is 19.1. The first-order chi connectivity index (χ1) is 14.5. The van der Waals surface area contributed by atoms with Gasteiger partial charge in [-0.15, -0.1) is 0 Å². The Morgan fingerprint density at radius 2 is 1.23 bits per heavy atom. The van der Waals surface area contributed by atoms with Gasteiger partial charge < -0.3 is 0 Å². The van der Waals surface area contributed by atoms with Gasteiger partial charge in [0.2, 0.25) is 0 Å². The summed E-state index contributed by atoms with van der Waals surface area (Å²) in [5, 5.41) is 0. The molecule has 2 heteroatoms. The first-order valence-corrected chi connectivity index (χ1v) is 11.1. The Bertz CT molecular complexity index is 953. The maximum Gasteiger partial charge on any atom is 0.0692 e. The lowest BCUT2D eigenvalue weighted by Crippen LogP contribution is -2.11. The van der Waals surface area contributed by atoms with Gasteiger partial charge in [-0.1, -0.05) is 67.1 Å². The minimum atomic E-state index is 0.605. The molecule has 0 unspecified atom stereocenters. The van der Waals surface area contributed by atoms with Crippen molar-refractivity contribution in [2.24, 2.45) is 15.9 Å². The molecule has 0 N–H and O–H groups in total. The quantitative estimate of drug-likeness (QED) is 0.317. The molecule has 0 saturated carbocycles. The third-order valence-corrected chi connectivity index (χ3v) is 5.85. The number of rotatable bonds is 8. The number of para-hydroxylation sites is 2. The van der Waals surface area contributed by atoms with Gasteiger partial charge in [0, 0.05) is 0 Å². The monoisotopic (exact) mass is 398 g/mol. The molecular weight excluding hydrogens is 364 g/mol. The summed E-state index contributed by atoms with van der Waals surface area (Å²) in [7, 11) is 0. The molecule has 2 nitrogen and oxygen atoms in total. The molecule has 0 fully saturated rings. The Morgan fingerprint density at radius 1 is 0.733 bits per heavy atom. The maximum absolute atomic E-state index is 5.14. The molecule has 3 rings (SSSR count). The van der Waals surface area contributed by atoms with Crippen molar-refractivity contribution in [3.8, 4) is 0 Å². The average Bonchev–Trinajstić information content (AvgIpc) is 3.23. The van der Waals surface area contributed by atoms with Gasteiger partial charge in [-0.05, 0) is 82.1 Å². The predicted molar refractivity (Wildman–Crippen MR) is 132 cm³/mol. The highest BCUT2D eigenvalue weighted by Gasteiger charge is 2.11. The Labute approximate surface area is 182 Å². The second-order valence-electron chi connectivity index (χ2n) is 8.42. The van der Waals surface area contributed by atoms with Crippen LogP contribution in [-0.2, 0) is 0 Å². The molecule has 0 atom stereocenters. The molecule has 2 aromatic carbocycles. The number of aliphatic imine (C=N–C) groups is 2. The van der Waals surface area contributed by atoms with Gasteiger partial charge in [-0.25, -0.2) is 0 Å². The molecule has 2 aromatic rings. The highest BCUT2D eigenvalue weighted by atomic mass is 14.8. The summed E-state index contributed by atoms with van der Waals surface area (Å²) in [6.07, 6.45) is 13.4. The molecule has 30 heavy (non-hydrogen) atoms. The lowest BCUT2D eigenvalue weighted by atomic mass is 10.0. The van der Waals surface area contributed by atoms with E-state index in [1.807, 2.05) is 0 Å². The summed E-state index contributed by atoms with van der Waals surface area (Å²) in [6.45, 7) is 10.6. The number of benzene rings is 2. The molecule has 156 valence electrons. The van der Waals surface area contributed by atoms with Crippen LogP contribution in [0, 0.1) is 33.6 Å². The van der Waals surface area contributed by atoms with E-state index in [1.54, 1.807) is 0 Å². The van der Waals surface area contributed by atoms with Crippen LogP contribution in [0.25, 0.3) is 0 Å². The summed E-state index contributed by atoms with van der Waals surface area (Å²) in [6, 6.07) is 12.7. The number of allylic oxidation sites excluding steroid dienone is 4. The average molecular weight is 399 g/mol. The molecule has 1 aliphatic rings. The number of unbranched alkanes of at least 4 members (excludes halogenated alkanes) is 1. The summed E-state index contributed by atoms with van der Waals surface area (Å²) in [5.41, 5.74) is 9.14. The minimum Gasteiger partial charge on any atom is -0.251 e. The van der Waals surface area contributed by atoms with Gasteiger partial charge in [-0.3, -0.25) is 9.98 Å². The van der Waals surface area contributed by atoms with Crippen molar-refractivity contribution in [1.82, 2.24) is 0 Å². The molecule has 0 saturated heterocycles. The van der Waals surface area contributed by atoms with Gasteiger partial charge in [0.15, 0.2) is 0 Å². The third kappa shape index (κ3) is 5.66. The number of hydrogen-bond acceptors (Lipinski definition) is 2. The van der Waals surface area contributed by atoms with Crippen molar-refractivity contribution in [3.63, 3.8) is 0 Å². The Balaban J connectivity index is 1.86. The number of hydrogen-bond donors (Lipinski definition) is 0. The van der Waals surface area contributed by atoms with Crippen LogP contribution < -0.4 is 0 Å². The van der Waals surface area contributed by atoms with Gasteiger partial charge in [0.05, 0.1) is 22.8 Å². The van der Waals surface area contributed by atoms with Crippen molar-refractivity contribution >= 4 is 22.8 Å². The number of nitrogens with zero attached hydrogens (tertiary/aromatic N) is 2. The van der Waals surface area contributed by atoms with Crippen molar-refractivity contribution < 1.29 is 0 Å². The van der Waals surface area contributed by atoms with Crippen LogP contribution in [0.4, 0.5) is 11.4 Å². The molecule has 1 aliphatic carbocycles. The van der Waals surface area contributed by atoms with Crippen LogP contribution in [0.3, 0.4) is 0 Å². The van der Waals surface area contributed by atoms with E-state index in [2.05, 4.69) is 95.3 Å². The van der Waals surface area contributed by atoms with E-state index in [0.717, 1.165) is 35.6 Å². The molecule has 0 aromatic heterocycles. The molecule has 0 spiro atoms. The Hall–Kier alpha value is -2.74. The molecular formula is C28H34N2.